The summed E-state index contributed by atoms with van der Waals surface area (Å²) in [6.45, 7) is 2.73. The molecule has 1 aliphatic rings. The van der Waals surface area contributed by atoms with Gasteiger partial charge in [-0.05, 0) is 42.7 Å². The zero-order chi connectivity index (χ0) is 21.8. The molecule has 0 bridgehead atoms. The first-order chi connectivity index (χ1) is 15.0. The van der Waals surface area contributed by atoms with E-state index < -0.39 is 5.56 Å². The van der Waals surface area contributed by atoms with E-state index in [1.807, 2.05) is 6.20 Å². The maximum absolute atomic E-state index is 12.3. The van der Waals surface area contributed by atoms with Crippen molar-refractivity contribution in [3.8, 4) is 5.69 Å². The molecule has 6 nitrogen and oxygen atoms in total. The maximum Gasteiger partial charge on any atom is 0.291 e. The highest BCUT2D eigenvalue weighted by Crippen LogP contribution is 2.26. The van der Waals surface area contributed by atoms with Crippen molar-refractivity contribution in [2.45, 2.75) is 32.2 Å². The van der Waals surface area contributed by atoms with E-state index in [1.54, 1.807) is 18.2 Å². The molecule has 1 aliphatic heterocycles. The second-order valence-corrected chi connectivity index (χ2v) is 8.66. The number of hydrogen-bond acceptors (Lipinski definition) is 5. The molecule has 0 aliphatic carbocycles. The van der Waals surface area contributed by atoms with Crippen molar-refractivity contribution in [1.29, 1.82) is 0 Å². The fraction of sp³-hybridized carbons (Fsp3) is 0.318. The van der Waals surface area contributed by atoms with Crippen molar-refractivity contribution in [1.82, 2.24) is 14.8 Å². The Morgan fingerprint density at radius 1 is 0.935 bits per heavy atom. The molecule has 1 saturated heterocycles. The number of pyridine rings is 1. The van der Waals surface area contributed by atoms with Crippen molar-refractivity contribution in [2.24, 2.45) is 0 Å². The van der Waals surface area contributed by atoms with Crippen LogP contribution in [-0.4, -0.2) is 27.9 Å². The van der Waals surface area contributed by atoms with Crippen LogP contribution >= 0.6 is 34.8 Å². The Labute approximate surface area is 195 Å². The van der Waals surface area contributed by atoms with Gasteiger partial charge in [0.1, 0.15) is 10.8 Å². The molecule has 0 amide bonds. The fourth-order valence-corrected chi connectivity index (χ4v) is 4.08. The van der Waals surface area contributed by atoms with E-state index in [-0.39, 0.29) is 10.0 Å². The van der Waals surface area contributed by atoms with Gasteiger partial charge in [-0.2, -0.15) is 9.78 Å². The summed E-state index contributed by atoms with van der Waals surface area (Å²) >= 11 is 18.2. The highest BCUT2D eigenvalue weighted by Gasteiger charge is 2.12. The van der Waals surface area contributed by atoms with Crippen LogP contribution in [0.15, 0.2) is 47.5 Å². The van der Waals surface area contributed by atoms with Crippen LogP contribution < -0.4 is 15.8 Å². The predicted octanol–water partition coefficient (Wildman–Crippen LogP) is 5.58. The Kier molecular flexibility index (Phi) is 7.00. The predicted molar refractivity (Wildman–Crippen MR) is 127 cm³/mol. The van der Waals surface area contributed by atoms with Gasteiger partial charge in [0.2, 0.25) is 0 Å². The molecular weight excluding hydrogens is 457 g/mol. The van der Waals surface area contributed by atoms with Crippen molar-refractivity contribution < 1.29 is 0 Å². The standard InChI is InChI=1S/C22H22Cl3N5O/c23-17-11-16(30-22(31)21(25)18(24)14-28-30)6-7-19(17)26-12-15-5-8-20(27-13-15)29-9-3-1-2-4-10-29/h5-8,11,13-14,26H,1-4,9-10,12H2. The molecule has 0 spiro atoms. The number of aromatic nitrogens is 3. The number of halogens is 3. The molecule has 3 heterocycles. The lowest BCUT2D eigenvalue weighted by Crippen LogP contribution is -2.24. The highest BCUT2D eigenvalue weighted by molar-refractivity contribution is 6.41. The normalized spacial score (nSPS) is 14.4. The number of anilines is 2. The first-order valence-corrected chi connectivity index (χ1v) is 11.3. The van der Waals surface area contributed by atoms with Crippen LogP contribution in [0.2, 0.25) is 15.1 Å². The zero-order valence-corrected chi connectivity index (χ0v) is 19.1. The topological polar surface area (TPSA) is 63.1 Å². The van der Waals surface area contributed by atoms with Gasteiger partial charge in [-0.3, -0.25) is 4.79 Å². The van der Waals surface area contributed by atoms with Crippen LogP contribution in [0.4, 0.5) is 11.5 Å². The van der Waals surface area contributed by atoms with Crippen LogP contribution in [0.1, 0.15) is 31.2 Å². The molecule has 9 heteroatoms. The number of hydrogen-bond donors (Lipinski definition) is 1. The summed E-state index contributed by atoms with van der Waals surface area (Å²) in [6, 6.07) is 9.36. The number of rotatable bonds is 5. The molecule has 31 heavy (non-hydrogen) atoms. The zero-order valence-electron chi connectivity index (χ0n) is 16.8. The molecule has 0 unspecified atom stereocenters. The van der Waals surface area contributed by atoms with Crippen molar-refractivity contribution in [3.05, 3.63) is 73.7 Å². The quantitative estimate of drug-likeness (QED) is 0.518. The molecule has 1 N–H and O–H groups in total. The van der Waals surface area contributed by atoms with E-state index in [1.165, 1.54) is 31.9 Å². The average Bonchev–Trinajstić information content (AvgIpc) is 3.07. The van der Waals surface area contributed by atoms with E-state index in [9.17, 15) is 4.79 Å². The van der Waals surface area contributed by atoms with Gasteiger partial charge in [0.25, 0.3) is 5.56 Å². The van der Waals surface area contributed by atoms with Crippen molar-refractivity contribution in [3.63, 3.8) is 0 Å². The molecule has 2 aromatic heterocycles. The lowest BCUT2D eigenvalue weighted by Gasteiger charge is -2.21. The smallest absolute Gasteiger partial charge is 0.291 e. The molecule has 1 fully saturated rings. The minimum Gasteiger partial charge on any atom is -0.380 e. The molecule has 0 saturated carbocycles. The minimum atomic E-state index is -0.499. The third-order valence-corrected chi connectivity index (χ3v) is 6.36. The van der Waals surface area contributed by atoms with E-state index in [0.29, 0.717) is 17.3 Å². The monoisotopic (exact) mass is 477 g/mol. The molecule has 3 aromatic rings. The van der Waals surface area contributed by atoms with Gasteiger partial charge in [0.05, 0.1) is 27.6 Å². The second kappa shape index (κ2) is 9.90. The van der Waals surface area contributed by atoms with Gasteiger partial charge in [-0.15, -0.1) is 0 Å². The lowest BCUT2D eigenvalue weighted by atomic mass is 10.2. The summed E-state index contributed by atoms with van der Waals surface area (Å²) in [6.07, 6.45) is 8.27. The minimum absolute atomic E-state index is 0.0777. The third-order valence-electron chi connectivity index (χ3n) is 5.30. The number of nitrogens with one attached hydrogen (secondary N) is 1. The Morgan fingerprint density at radius 3 is 2.39 bits per heavy atom. The van der Waals surface area contributed by atoms with Crippen LogP contribution in [-0.2, 0) is 6.54 Å². The number of benzene rings is 1. The largest absolute Gasteiger partial charge is 0.380 e. The average molecular weight is 479 g/mol. The first kappa shape index (κ1) is 21.9. The summed E-state index contributed by atoms with van der Waals surface area (Å²) in [5.74, 6) is 1.03. The van der Waals surface area contributed by atoms with Crippen molar-refractivity contribution in [2.75, 3.05) is 23.3 Å². The number of nitrogens with zero attached hydrogens (tertiary/aromatic N) is 4. The molecule has 0 atom stereocenters. The van der Waals surface area contributed by atoms with Crippen LogP contribution in [0, 0.1) is 0 Å². The van der Waals surface area contributed by atoms with Gasteiger partial charge in [0.15, 0.2) is 0 Å². The Hall–Kier alpha value is -2.28. The molecule has 0 radical (unpaired) electrons. The molecular formula is C22H22Cl3N5O. The van der Waals surface area contributed by atoms with Gasteiger partial charge in [-0.25, -0.2) is 4.98 Å². The highest BCUT2D eigenvalue weighted by atomic mass is 35.5. The van der Waals surface area contributed by atoms with Crippen molar-refractivity contribution >= 4 is 46.3 Å². The Bertz CT molecular complexity index is 1110. The summed E-state index contributed by atoms with van der Waals surface area (Å²) < 4.78 is 1.16. The maximum atomic E-state index is 12.3. The summed E-state index contributed by atoms with van der Waals surface area (Å²) in [5.41, 5.74) is 1.81. The summed E-state index contributed by atoms with van der Waals surface area (Å²) in [4.78, 5) is 19.3. The second-order valence-electron chi connectivity index (χ2n) is 7.47. The SMILES string of the molecule is O=c1c(Cl)c(Cl)cnn1-c1ccc(NCc2ccc(N3CCCCCC3)nc2)c(Cl)c1. The van der Waals surface area contributed by atoms with E-state index in [4.69, 9.17) is 34.8 Å². The van der Waals surface area contributed by atoms with E-state index in [2.05, 4.69) is 32.4 Å². The lowest BCUT2D eigenvalue weighted by molar-refractivity contribution is 0.726. The van der Waals surface area contributed by atoms with Crippen LogP contribution in [0.5, 0.6) is 0 Å². The van der Waals surface area contributed by atoms with E-state index >= 15 is 0 Å². The summed E-state index contributed by atoms with van der Waals surface area (Å²) in [5, 5.41) is 7.83. The summed E-state index contributed by atoms with van der Waals surface area (Å²) in [7, 11) is 0. The first-order valence-electron chi connectivity index (χ1n) is 10.2. The van der Waals surface area contributed by atoms with Gasteiger partial charge in [-0.1, -0.05) is 53.7 Å². The van der Waals surface area contributed by atoms with Crippen LogP contribution in [0.25, 0.3) is 5.69 Å². The van der Waals surface area contributed by atoms with Gasteiger partial charge >= 0.3 is 0 Å². The third kappa shape index (κ3) is 5.14. The Morgan fingerprint density at radius 2 is 1.71 bits per heavy atom. The Balaban J connectivity index is 1.43. The molecule has 1 aromatic carbocycles. The van der Waals surface area contributed by atoms with Crippen LogP contribution in [0.3, 0.4) is 0 Å². The van der Waals surface area contributed by atoms with Gasteiger partial charge in [0, 0.05) is 25.8 Å². The fourth-order valence-electron chi connectivity index (χ4n) is 3.58. The molecule has 4 rings (SSSR count). The van der Waals surface area contributed by atoms with Gasteiger partial charge < -0.3 is 10.2 Å². The molecule has 162 valence electrons. The van der Waals surface area contributed by atoms with E-state index in [0.717, 1.165) is 34.8 Å².